The molecule has 0 saturated carbocycles. The van der Waals surface area contributed by atoms with Crippen LogP contribution in [0.25, 0.3) is 11.5 Å². The summed E-state index contributed by atoms with van der Waals surface area (Å²) in [6.45, 7) is 0.157. The van der Waals surface area contributed by atoms with Gasteiger partial charge in [0.2, 0.25) is 11.9 Å². The van der Waals surface area contributed by atoms with E-state index in [0.717, 1.165) is 6.26 Å². The summed E-state index contributed by atoms with van der Waals surface area (Å²) in [6.07, 6.45) is -2.02. The fraction of sp³-hybridized carbons (Fsp3) is 0.211. The molecule has 3 aromatic rings. The zero-order valence-electron chi connectivity index (χ0n) is 16.8. The molecule has 0 unspecified atom stereocenters. The van der Waals surface area contributed by atoms with E-state index >= 15 is 0 Å². The molecule has 32 heavy (non-hydrogen) atoms. The predicted octanol–water partition coefficient (Wildman–Crippen LogP) is 2.87. The summed E-state index contributed by atoms with van der Waals surface area (Å²) in [7, 11) is -3.46. The first kappa shape index (κ1) is 23.1. The highest BCUT2D eigenvalue weighted by molar-refractivity contribution is 7.90. The third kappa shape index (κ3) is 5.97. The van der Waals surface area contributed by atoms with Crippen LogP contribution in [0, 0.1) is 6.92 Å². The molecule has 9 nitrogen and oxygen atoms in total. The van der Waals surface area contributed by atoms with Gasteiger partial charge < -0.3 is 5.32 Å². The molecule has 2 N–H and O–H groups in total. The Labute approximate surface area is 181 Å². The number of aromatic nitrogens is 4. The Balaban J connectivity index is 1.93. The number of anilines is 2. The largest absolute Gasteiger partial charge is 0.405 e. The summed E-state index contributed by atoms with van der Waals surface area (Å²) < 4.78 is 61.2. The molecule has 1 amide bonds. The van der Waals surface area contributed by atoms with E-state index in [1.807, 2.05) is 0 Å². The molecule has 0 aliphatic heterocycles. The van der Waals surface area contributed by atoms with Gasteiger partial charge in [-0.05, 0) is 42.8 Å². The summed E-state index contributed by atoms with van der Waals surface area (Å²) in [5, 5.41) is 4.46. The van der Waals surface area contributed by atoms with Gasteiger partial charge in [0.1, 0.15) is 12.2 Å². The number of halogens is 3. The minimum atomic E-state index is -4.51. The number of nitrogens with zero attached hydrogens (tertiary/aromatic N) is 4. The Morgan fingerprint density at radius 1 is 1.06 bits per heavy atom. The van der Waals surface area contributed by atoms with Gasteiger partial charge >= 0.3 is 6.18 Å². The Bertz CT molecular complexity index is 1250. The number of rotatable bonds is 6. The summed E-state index contributed by atoms with van der Waals surface area (Å²) in [6, 6.07) is 8.76. The SMILES string of the molecule is Cc1cc(S(C)(=O)=O)ccc1C(=O)Nc1nc(NCC(F)(F)F)nc(-c2ccccn2)n1. The number of pyridine rings is 1. The summed E-state index contributed by atoms with van der Waals surface area (Å²) >= 11 is 0. The Morgan fingerprint density at radius 2 is 1.78 bits per heavy atom. The monoisotopic (exact) mass is 466 g/mol. The summed E-state index contributed by atoms with van der Waals surface area (Å²) in [5.41, 5.74) is 0.774. The number of hydrogen-bond donors (Lipinski definition) is 2. The van der Waals surface area contributed by atoms with E-state index < -0.39 is 34.4 Å². The van der Waals surface area contributed by atoms with Crippen molar-refractivity contribution >= 4 is 27.6 Å². The third-order valence-corrected chi connectivity index (χ3v) is 5.18. The molecular formula is C19H17F3N6O3S. The van der Waals surface area contributed by atoms with Crippen LogP contribution in [-0.4, -0.2) is 53.2 Å². The maximum absolute atomic E-state index is 12.7. The molecule has 0 atom stereocenters. The second-order valence-corrected chi connectivity index (χ2v) is 8.71. The smallest absolute Gasteiger partial charge is 0.345 e. The van der Waals surface area contributed by atoms with Crippen molar-refractivity contribution in [3.8, 4) is 11.5 Å². The lowest BCUT2D eigenvalue weighted by atomic mass is 10.1. The van der Waals surface area contributed by atoms with E-state index in [0.29, 0.717) is 5.56 Å². The number of amides is 1. The lowest BCUT2D eigenvalue weighted by Gasteiger charge is -2.12. The minimum Gasteiger partial charge on any atom is -0.345 e. The number of alkyl halides is 3. The third-order valence-electron chi connectivity index (χ3n) is 4.07. The predicted molar refractivity (Wildman–Crippen MR) is 110 cm³/mol. The molecule has 0 spiro atoms. The lowest BCUT2D eigenvalue weighted by molar-refractivity contribution is -0.115. The van der Waals surface area contributed by atoms with E-state index in [1.54, 1.807) is 25.1 Å². The van der Waals surface area contributed by atoms with Gasteiger partial charge in [0.25, 0.3) is 5.91 Å². The van der Waals surface area contributed by atoms with Crippen LogP contribution in [0.3, 0.4) is 0 Å². The highest BCUT2D eigenvalue weighted by atomic mass is 32.2. The first-order valence-electron chi connectivity index (χ1n) is 9.02. The first-order valence-corrected chi connectivity index (χ1v) is 10.9. The van der Waals surface area contributed by atoms with Crippen LogP contribution < -0.4 is 10.6 Å². The van der Waals surface area contributed by atoms with Crippen molar-refractivity contribution in [2.24, 2.45) is 0 Å². The number of nitrogens with one attached hydrogen (secondary N) is 2. The fourth-order valence-corrected chi connectivity index (χ4v) is 3.30. The molecule has 1 aromatic carbocycles. The van der Waals surface area contributed by atoms with E-state index in [-0.39, 0.29) is 27.9 Å². The van der Waals surface area contributed by atoms with Gasteiger partial charge in [0, 0.05) is 18.0 Å². The molecule has 13 heteroatoms. The van der Waals surface area contributed by atoms with Crippen LogP contribution in [0.15, 0.2) is 47.5 Å². The van der Waals surface area contributed by atoms with Crippen molar-refractivity contribution < 1.29 is 26.4 Å². The zero-order valence-corrected chi connectivity index (χ0v) is 17.6. The number of carbonyl (C=O) groups is 1. The maximum Gasteiger partial charge on any atom is 0.405 e. The number of benzene rings is 1. The molecule has 2 aromatic heterocycles. The quantitative estimate of drug-likeness (QED) is 0.568. The Hall–Kier alpha value is -3.61. The zero-order chi connectivity index (χ0) is 23.5. The standard InChI is InChI=1S/C19H17F3N6O3S/c1-11-9-12(32(2,30)31)6-7-13(11)16(29)27-18-26-15(14-5-3-4-8-23-14)25-17(28-18)24-10-19(20,21)22/h3-9H,10H2,1-2H3,(H2,24,25,26,27,28,29). The van der Waals surface area contributed by atoms with E-state index in [2.05, 4.69) is 30.6 Å². The van der Waals surface area contributed by atoms with Crippen LogP contribution in [0.2, 0.25) is 0 Å². The van der Waals surface area contributed by atoms with Crippen LogP contribution >= 0.6 is 0 Å². The number of aryl methyl sites for hydroxylation is 1. The van der Waals surface area contributed by atoms with Gasteiger partial charge in [-0.25, -0.2) is 8.42 Å². The van der Waals surface area contributed by atoms with Crippen molar-refractivity contribution in [2.75, 3.05) is 23.4 Å². The van der Waals surface area contributed by atoms with Crippen LogP contribution in [0.1, 0.15) is 15.9 Å². The second-order valence-electron chi connectivity index (χ2n) is 6.69. The van der Waals surface area contributed by atoms with Crippen LogP contribution in [0.5, 0.6) is 0 Å². The number of sulfone groups is 1. The fourth-order valence-electron chi connectivity index (χ4n) is 2.59. The van der Waals surface area contributed by atoms with Crippen LogP contribution in [0.4, 0.5) is 25.1 Å². The molecule has 0 saturated heterocycles. The van der Waals surface area contributed by atoms with Crippen molar-refractivity contribution in [3.05, 3.63) is 53.7 Å². The molecular weight excluding hydrogens is 449 g/mol. The van der Waals surface area contributed by atoms with Crippen LogP contribution in [-0.2, 0) is 9.84 Å². The topological polar surface area (TPSA) is 127 Å². The highest BCUT2D eigenvalue weighted by Gasteiger charge is 2.27. The van der Waals surface area contributed by atoms with Crippen molar-refractivity contribution in [3.63, 3.8) is 0 Å². The molecule has 2 heterocycles. The molecule has 0 fully saturated rings. The lowest BCUT2D eigenvalue weighted by Crippen LogP contribution is -2.23. The molecule has 168 valence electrons. The average molecular weight is 466 g/mol. The molecule has 0 aliphatic carbocycles. The molecule has 3 rings (SSSR count). The van der Waals surface area contributed by atoms with Crippen molar-refractivity contribution in [1.29, 1.82) is 0 Å². The average Bonchev–Trinajstić information content (AvgIpc) is 2.71. The van der Waals surface area contributed by atoms with E-state index in [4.69, 9.17) is 0 Å². The maximum atomic E-state index is 12.7. The van der Waals surface area contributed by atoms with Gasteiger partial charge in [-0.15, -0.1) is 0 Å². The van der Waals surface area contributed by atoms with Gasteiger partial charge in [0.15, 0.2) is 15.7 Å². The van der Waals surface area contributed by atoms with E-state index in [1.165, 1.54) is 24.4 Å². The second kappa shape index (κ2) is 8.86. The number of hydrogen-bond acceptors (Lipinski definition) is 8. The highest BCUT2D eigenvalue weighted by Crippen LogP contribution is 2.20. The normalized spacial score (nSPS) is 11.8. The molecule has 0 aliphatic rings. The summed E-state index contributed by atoms with van der Waals surface area (Å²) in [5.74, 6) is -1.44. The molecule has 0 radical (unpaired) electrons. The van der Waals surface area contributed by atoms with Crippen molar-refractivity contribution in [2.45, 2.75) is 18.0 Å². The molecule has 0 bridgehead atoms. The first-order chi connectivity index (χ1) is 14.9. The number of carbonyl (C=O) groups excluding carboxylic acids is 1. The minimum absolute atomic E-state index is 0.0442. The van der Waals surface area contributed by atoms with Gasteiger partial charge in [-0.3, -0.25) is 15.1 Å². The summed E-state index contributed by atoms with van der Waals surface area (Å²) in [4.78, 5) is 28.6. The Morgan fingerprint density at radius 3 is 2.38 bits per heavy atom. The van der Waals surface area contributed by atoms with Gasteiger partial charge in [0.05, 0.1) is 4.90 Å². The Kier molecular flexibility index (Phi) is 6.39. The van der Waals surface area contributed by atoms with E-state index in [9.17, 15) is 26.4 Å². The van der Waals surface area contributed by atoms with Gasteiger partial charge in [-0.1, -0.05) is 6.07 Å². The van der Waals surface area contributed by atoms with Crippen molar-refractivity contribution in [1.82, 2.24) is 19.9 Å². The van der Waals surface area contributed by atoms with Gasteiger partial charge in [-0.2, -0.15) is 28.1 Å².